The Morgan fingerprint density at radius 2 is 2.14 bits per heavy atom. The second-order valence-electron chi connectivity index (χ2n) is 5.80. The SMILES string of the molecule is C[C@H]1CNC[C@@H]1Oc1nc(C2=NNCN2)cc2ccccc12. The molecule has 2 aromatic rings. The zero-order valence-corrected chi connectivity index (χ0v) is 12.5. The molecule has 0 aliphatic carbocycles. The van der Waals surface area contributed by atoms with Crippen LogP contribution in [0.3, 0.4) is 0 Å². The van der Waals surface area contributed by atoms with E-state index >= 15 is 0 Å². The Kier molecular flexibility index (Phi) is 3.31. The predicted molar refractivity (Wildman–Crippen MR) is 85.9 cm³/mol. The first-order chi connectivity index (χ1) is 10.8. The summed E-state index contributed by atoms with van der Waals surface area (Å²) in [5, 5.41) is 12.9. The van der Waals surface area contributed by atoms with Crippen LogP contribution in [0.5, 0.6) is 5.88 Å². The van der Waals surface area contributed by atoms with Gasteiger partial charge in [0.25, 0.3) is 0 Å². The van der Waals surface area contributed by atoms with Gasteiger partial charge in [-0.25, -0.2) is 4.98 Å². The quantitative estimate of drug-likeness (QED) is 0.789. The number of pyridine rings is 1. The van der Waals surface area contributed by atoms with Crippen molar-refractivity contribution in [3.63, 3.8) is 0 Å². The molecule has 4 rings (SSSR count). The standard InChI is InChI=1S/C16H19N5O/c1-10-7-17-8-14(10)22-16-12-5-3-2-4-11(12)6-13(20-16)15-18-9-19-21-15/h2-6,10,14,17,19H,7-9H2,1H3,(H,18,21)/t10-,14-/m0/s1. The monoisotopic (exact) mass is 297 g/mol. The Labute approximate surface area is 129 Å². The van der Waals surface area contributed by atoms with E-state index in [1.165, 1.54) is 0 Å². The second kappa shape index (κ2) is 5.46. The molecule has 0 unspecified atom stereocenters. The fourth-order valence-corrected chi connectivity index (χ4v) is 2.89. The molecular formula is C16H19N5O. The third kappa shape index (κ3) is 2.35. The van der Waals surface area contributed by atoms with Gasteiger partial charge in [0.15, 0.2) is 5.84 Å². The number of hydrogen-bond acceptors (Lipinski definition) is 6. The van der Waals surface area contributed by atoms with E-state index in [9.17, 15) is 0 Å². The van der Waals surface area contributed by atoms with E-state index in [0.717, 1.165) is 35.4 Å². The van der Waals surface area contributed by atoms with Gasteiger partial charge in [-0.05, 0) is 17.5 Å². The minimum absolute atomic E-state index is 0.155. The number of nitrogens with one attached hydrogen (secondary N) is 3. The molecule has 0 amide bonds. The van der Waals surface area contributed by atoms with Crippen LogP contribution in [0.25, 0.3) is 10.8 Å². The summed E-state index contributed by atoms with van der Waals surface area (Å²) in [4.78, 5) is 4.70. The number of benzene rings is 1. The van der Waals surface area contributed by atoms with Crippen LogP contribution in [0, 0.1) is 5.92 Å². The number of aromatic nitrogens is 1. The van der Waals surface area contributed by atoms with Gasteiger partial charge in [-0.1, -0.05) is 25.1 Å². The molecule has 3 N–H and O–H groups in total. The van der Waals surface area contributed by atoms with E-state index in [2.05, 4.69) is 40.2 Å². The molecule has 6 nitrogen and oxygen atoms in total. The summed E-state index contributed by atoms with van der Waals surface area (Å²) in [6.07, 6.45) is 0.155. The summed E-state index contributed by atoms with van der Waals surface area (Å²) in [5.41, 5.74) is 3.71. The van der Waals surface area contributed by atoms with Gasteiger partial charge in [-0.2, -0.15) is 5.10 Å². The van der Waals surface area contributed by atoms with Crippen LogP contribution >= 0.6 is 0 Å². The summed E-state index contributed by atoms with van der Waals surface area (Å²) >= 11 is 0. The van der Waals surface area contributed by atoms with Crippen LogP contribution in [0.2, 0.25) is 0 Å². The van der Waals surface area contributed by atoms with E-state index in [0.29, 0.717) is 18.5 Å². The summed E-state index contributed by atoms with van der Waals surface area (Å²) in [6.45, 7) is 4.68. The summed E-state index contributed by atoms with van der Waals surface area (Å²) in [6, 6.07) is 10.2. The van der Waals surface area contributed by atoms with Crippen molar-refractivity contribution < 1.29 is 4.74 Å². The third-order valence-electron chi connectivity index (χ3n) is 4.18. The van der Waals surface area contributed by atoms with Crippen molar-refractivity contribution in [2.24, 2.45) is 11.0 Å². The van der Waals surface area contributed by atoms with E-state index in [1.807, 2.05) is 18.2 Å². The van der Waals surface area contributed by atoms with E-state index in [4.69, 9.17) is 9.72 Å². The molecule has 0 saturated carbocycles. The van der Waals surface area contributed by atoms with Crippen molar-refractivity contribution in [3.05, 3.63) is 36.0 Å². The van der Waals surface area contributed by atoms with Gasteiger partial charge in [0.05, 0.1) is 0 Å². The topological polar surface area (TPSA) is 70.6 Å². The molecule has 3 heterocycles. The third-order valence-corrected chi connectivity index (χ3v) is 4.18. The van der Waals surface area contributed by atoms with Crippen LogP contribution in [0.15, 0.2) is 35.4 Å². The van der Waals surface area contributed by atoms with Gasteiger partial charge < -0.3 is 15.4 Å². The molecule has 1 saturated heterocycles. The Bertz CT molecular complexity index is 730. The molecule has 0 radical (unpaired) electrons. The first kappa shape index (κ1) is 13.3. The molecule has 22 heavy (non-hydrogen) atoms. The lowest BCUT2D eigenvalue weighted by atomic mass is 10.1. The average molecular weight is 297 g/mol. The first-order valence-electron chi connectivity index (χ1n) is 7.63. The fourth-order valence-electron chi connectivity index (χ4n) is 2.89. The van der Waals surface area contributed by atoms with Crippen LogP contribution in [0.1, 0.15) is 12.6 Å². The molecule has 0 bridgehead atoms. The first-order valence-corrected chi connectivity index (χ1v) is 7.63. The molecule has 1 aromatic heterocycles. The number of fused-ring (bicyclic) bond motifs is 1. The zero-order valence-electron chi connectivity index (χ0n) is 12.5. The van der Waals surface area contributed by atoms with Crippen molar-refractivity contribution in [1.29, 1.82) is 0 Å². The molecule has 0 spiro atoms. The smallest absolute Gasteiger partial charge is 0.222 e. The number of amidine groups is 1. The number of nitrogens with zero attached hydrogens (tertiary/aromatic N) is 2. The number of hydrogen-bond donors (Lipinski definition) is 3. The molecule has 2 atom stereocenters. The minimum Gasteiger partial charge on any atom is -0.472 e. The number of ether oxygens (including phenoxy) is 1. The molecule has 6 heteroatoms. The van der Waals surface area contributed by atoms with E-state index < -0.39 is 0 Å². The van der Waals surface area contributed by atoms with Crippen molar-refractivity contribution in [2.45, 2.75) is 13.0 Å². The lowest BCUT2D eigenvalue weighted by Gasteiger charge is -2.18. The Balaban J connectivity index is 1.77. The van der Waals surface area contributed by atoms with E-state index in [1.54, 1.807) is 0 Å². The van der Waals surface area contributed by atoms with Gasteiger partial charge in [0, 0.05) is 24.4 Å². The highest BCUT2D eigenvalue weighted by atomic mass is 16.5. The maximum atomic E-state index is 6.22. The predicted octanol–water partition coefficient (Wildman–Crippen LogP) is 1.03. The summed E-state index contributed by atoms with van der Waals surface area (Å²) in [7, 11) is 0. The minimum atomic E-state index is 0.155. The van der Waals surface area contributed by atoms with E-state index in [-0.39, 0.29) is 6.10 Å². The average Bonchev–Trinajstić information content (AvgIpc) is 3.20. The fraction of sp³-hybridized carbons (Fsp3) is 0.375. The Morgan fingerprint density at radius 3 is 2.91 bits per heavy atom. The van der Waals surface area contributed by atoms with Gasteiger partial charge in [0.2, 0.25) is 5.88 Å². The molecule has 1 aromatic carbocycles. The molecule has 1 fully saturated rings. The summed E-state index contributed by atoms with van der Waals surface area (Å²) in [5.74, 6) is 1.92. The second-order valence-corrected chi connectivity index (χ2v) is 5.80. The largest absolute Gasteiger partial charge is 0.472 e. The van der Waals surface area contributed by atoms with Gasteiger partial charge in [0.1, 0.15) is 18.5 Å². The van der Waals surface area contributed by atoms with Crippen molar-refractivity contribution in [3.8, 4) is 5.88 Å². The highest BCUT2D eigenvalue weighted by Crippen LogP contribution is 2.27. The maximum absolute atomic E-state index is 6.22. The molecule has 2 aliphatic heterocycles. The Hall–Kier alpha value is -2.34. The van der Waals surface area contributed by atoms with Crippen LogP contribution in [-0.4, -0.2) is 36.7 Å². The Morgan fingerprint density at radius 1 is 1.23 bits per heavy atom. The lowest BCUT2D eigenvalue weighted by molar-refractivity contribution is 0.177. The van der Waals surface area contributed by atoms with Crippen LogP contribution in [0.4, 0.5) is 0 Å². The van der Waals surface area contributed by atoms with Gasteiger partial charge >= 0.3 is 0 Å². The van der Waals surface area contributed by atoms with Crippen LogP contribution < -0.4 is 20.8 Å². The molecular weight excluding hydrogens is 278 g/mol. The highest BCUT2D eigenvalue weighted by Gasteiger charge is 2.26. The number of hydrazone groups is 1. The van der Waals surface area contributed by atoms with Crippen LogP contribution in [-0.2, 0) is 0 Å². The number of rotatable bonds is 3. The van der Waals surface area contributed by atoms with Crippen molar-refractivity contribution in [1.82, 2.24) is 21.0 Å². The molecule has 114 valence electrons. The van der Waals surface area contributed by atoms with Gasteiger partial charge in [-0.3, -0.25) is 5.43 Å². The normalized spacial score (nSPS) is 24.0. The van der Waals surface area contributed by atoms with Crippen molar-refractivity contribution >= 4 is 16.6 Å². The molecule has 2 aliphatic rings. The maximum Gasteiger partial charge on any atom is 0.222 e. The summed E-state index contributed by atoms with van der Waals surface area (Å²) < 4.78 is 6.22. The zero-order chi connectivity index (χ0) is 14.9. The van der Waals surface area contributed by atoms with Gasteiger partial charge in [-0.15, -0.1) is 0 Å². The van der Waals surface area contributed by atoms with Crippen molar-refractivity contribution in [2.75, 3.05) is 19.8 Å². The highest BCUT2D eigenvalue weighted by molar-refractivity contribution is 6.01. The lowest BCUT2D eigenvalue weighted by Crippen LogP contribution is -2.26.